The Morgan fingerprint density at radius 2 is 1.76 bits per heavy atom. The molecule has 0 bridgehead atoms. The Balaban J connectivity index is 1.53. The second-order valence-electron chi connectivity index (χ2n) is 5.89. The molecule has 0 aliphatic carbocycles. The SMILES string of the molecule is COc1cc(-c2nnc(SCc3cc(Cl)c4c(c3)OCO4)o2)cc(OC)c1OC. The van der Waals surface area contributed by atoms with Crippen molar-refractivity contribution < 1.29 is 28.1 Å². The Labute approximate surface area is 176 Å². The Morgan fingerprint density at radius 1 is 1.00 bits per heavy atom. The van der Waals surface area contributed by atoms with Gasteiger partial charge < -0.3 is 28.1 Å². The fraction of sp³-hybridized carbons (Fsp3) is 0.263. The molecule has 2 aromatic carbocycles. The van der Waals surface area contributed by atoms with Crippen LogP contribution in [0.15, 0.2) is 33.9 Å². The van der Waals surface area contributed by atoms with Crippen LogP contribution < -0.4 is 23.7 Å². The Bertz CT molecular complexity index is 1020. The first kappa shape index (κ1) is 19.5. The van der Waals surface area contributed by atoms with Crippen LogP contribution in [0.4, 0.5) is 0 Å². The molecule has 1 aliphatic heterocycles. The first-order valence-electron chi connectivity index (χ1n) is 8.47. The zero-order chi connectivity index (χ0) is 20.4. The standard InChI is InChI=1S/C19H17ClN2O6S/c1-23-13-6-11(7-14(24-2)17(13)25-3)18-21-22-19(28-18)29-8-10-4-12(20)16-15(5-10)26-9-27-16/h4-7H,8-9H2,1-3H3. The molecule has 0 fully saturated rings. The van der Waals surface area contributed by atoms with Crippen molar-refractivity contribution in [3.8, 4) is 40.2 Å². The second-order valence-corrected chi connectivity index (χ2v) is 7.22. The maximum atomic E-state index is 6.22. The molecule has 0 saturated heterocycles. The first-order chi connectivity index (χ1) is 14.1. The minimum atomic E-state index is 0.174. The summed E-state index contributed by atoms with van der Waals surface area (Å²) in [5.74, 6) is 3.63. The highest BCUT2D eigenvalue weighted by Crippen LogP contribution is 2.42. The molecule has 0 unspecified atom stereocenters. The molecule has 8 nitrogen and oxygen atoms in total. The summed E-state index contributed by atoms with van der Waals surface area (Å²) < 4.78 is 32.6. The smallest absolute Gasteiger partial charge is 0.277 e. The van der Waals surface area contributed by atoms with Crippen LogP contribution in [0.1, 0.15) is 5.56 Å². The number of methoxy groups -OCH3 is 3. The van der Waals surface area contributed by atoms with Crippen LogP contribution in [-0.2, 0) is 5.75 Å². The molecule has 3 aromatic rings. The van der Waals surface area contributed by atoms with E-state index >= 15 is 0 Å². The van der Waals surface area contributed by atoms with E-state index in [-0.39, 0.29) is 6.79 Å². The van der Waals surface area contributed by atoms with E-state index < -0.39 is 0 Å². The van der Waals surface area contributed by atoms with Gasteiger partial charge in [0.05, 0.1) is 26.4 Å². The summed E-state index contributed by atoms with van der Waals surface area (Å²) in [5, 5.41) is 9.15. The fourth-order valence-corrected chi connectivity index (χ4v) is 3.82. The van der Waals surface area contributed by atoms with Crippen LogP contribution in [0.2, 0.25) is 5.02 Å². The third kappa shape index (κ3) is 3.88. The van der Waals surface area contributed by atoms with Gasteiger partial charge in [-0.15, -0.1) is 10.2 Å². The molecule has 1 aromatic heterocycles. The molecule has 4 rings (SSSR count). The molecular formula is C19H17ClN2O6S. The molecule has 0 spiro atoms. The van der Waals surface area contributed by atoms with Crippen LogP contribution in [0, 0.1) is 0 Å². The highest BCUT2D eigenvalue weighted by atomic mass is 35.5. The largest absolute Gasteiger partial charge is 0.493 e. The van der Waals surface area contributed by atoms with Crippen molar-refractivity contribution >= 4 is 23.4 Å². The van der Waals surface area contributed by atoms with E-state index in [1.807, 2.05) is 12.1 Å². The van der Waals surface area contributed by atoms with E-state index in [1.165, 1.54) is 11.8 Å². The van der Waals surface area contributed by atoms with E-state index in [0.29, 0.717) is 56.2 Å². The molecule has 0 atom stereocenters. The van der Waals surface area contributed by atoms with Gasteiger partial charge in [0.2, 0.25) is 18.4 Å². The summed E-state index contributed by atoms with van der Waals surface area (Å²) in [5.41, 5.74) is 1.61. The summed E-state index contributed by atoms with van der Waals surface area (Å²) in [6, 6.07) is 7.22. The van der Waals surface area contributed by atoms with Crippen molar-refractivity contribution in [2.75, 3.05) is 28.1 Å². The maximum Gasteiger partial charge on any atom is 0.277 e. The summed E-state index contributed by atoms with van der Waals surface area (Å²) in [4.78, 5) is 0. The number of ether oxygens (including phenoxy) is 5. The minimum Gasteiger partial charge on any atom is -0.493 e. The van der Waals surface area contributed by atoms with Gasteiger partial charge >= 0.3 is 0 Å². The monoisotopic (exact) mass is 436 g/mol. The summed E-state index contributed by atoms with van der Waals surface area (Å²) in [7, 11) is 4.64. The van der Waals surface area contributed by atoms with Crippen molar-refractivity contribution in [2.24, 2.45) is 0 Å². The van der Waals surface area contributed by atoms with Crippen molar-refractivity contribution in [3.63, 3.8) is 0 Å². The van der Waals surface area contributed by atoms with Crippen molar-refractivity contribution in [3.05, 3.63) is 34.9 Å². The average molecular weight is 437 g/mol. The molecule has 0 radical (unpaired) electrons. The van der Waals surface area contributed by atoms with Gasteiger partial charge in [0.1, 0.15) is 0 Å². The zero-order valence-corrected chi connectivity index (χ0v) is 17.4. The molecule has 1 aliphatic rings. The number of rotatable bonds is 7. The van der Waals surface area contributed by atoms with Gasteiger partial charge in [-0.3, -0.25) is 0 Å². The fourth-order valence-electron chi connectivity index (χ4n) is 2.84. The van der Waals surface area contributed by atoms with Gasteiger partial charge in [-0.25, -0.2) is 0 Å². The van der Waals surface area contributed by atoms with Crippen molar-refractivity contribution in [1.29, 1.82) is 0 Å². The summed E-state index contributed by atoms with van der Waals surface area (Å²) >= 11 is 7.61. The molecule has 10 heteroatoms. The Kier molecular flexibility index (Phi) is 5.59. The van der Waals surface area contributed by atoms with Crippen molar-refractivity contribution in [1.82, 2.24) is 10.2 Å². The number of nitrogens with zero attached hydrogens (tertiary/aromatic N) is 2. The number of hydrogen-bond acceptors (Lipinski definition) is 9. The molecule has 2 heterocycles. The van der Waals surface area contributed by atoms with Crippen molar-refractivity contribution in [2.45, 2.75) is 11.0 Å². The van der Waals surface area contributed by atoms with Gasteiger partial charge in [-0.2, -0.15) is 0 Å². The molecule has 152 valence electrons. The van der Waals surface area contributed by atoms with E-state index in [1.54, 1.807) is 33.5 Å². The predicted octanol–water partition coefficient (Wildman–Crippen LogP) is 4.44. The van der Waals surface area contributed by atoms with E-state index in [0.717, 1.165) is 5.56 Å². The topological polar surface area (TPSA) is 85.1 Å². The lowest BCUT2D eigenvalue weighted by molar-refractivity contribution is 0.174. The molecule has 0 N–H and O–H groups in total. The van der Waals surface area contributed by atoms with Crippen LogP contribution in [-0.4, -0.2) is 38.3 Å². The number of halogens is 1. The quantitative estimate of drug-likeness (QED) is 0.499. The average Bonchev–Trinajstić information content (AvgIpc) is 3.40. The molecule has 0 saturated carbocycles. The summed E-state index contributed by atoms with van der Waals surface area (Å²) in [6.07, 6.45) is 0. The Hall–Kier alpha value is -2.78. The van der Waals surface area contributed by atoms with Gasteiger partial charge in [0, 0.05) is 11.3 Å². The lowest BCUT2D eigenvalue weighted by atomic mass is 10.2. The normalized spacial score (nSPS) is 12.1. The van der Waals surface area contributed by atoms with Gasteiger partial charge in [0.25, 0.3) is 5.22 Å². The van der Waals surface area contributed by atoms with E-state index in [9.17, 15) is 0 Å². The van der Waals surface area contributed by atoms with Crippen LogP contribution in [0.25, 0.3) is 11.5 Å². The van der Waals surface area contributed by atoms with Crippen LogP contribution >= 0.6 is 23.4 Å². The summed E-state index contributed by atoms with van der Waals surface area (Å²) in [6.45, 7) is 0.174. The third-order valence-corrected chi connectivity index (χ3v) is 5.34. The van der Waals surface area contributed by atoms with E-state index in [4.69, 9.17) is 39.7 Å². The number of benzene rings is 2. The molecule has 29 heavy (non-hydrogen) atoms. The zero-order valence-electron chi connectivity index (χ0n) is 15.9. The van der Waals surface area contributed by atoms with E-state index in [2.05, 4.69) is 10.2 Å². The number of hydrogen-bond donors (Lipinski definition) is 0. The lowest BCUT2D eigenvalue weighted by Gasteiger charge is -2.12. The molecule has 0 amide bonds. The second kappa shape index (κ2) is 8.30. The van der Waals surface area contributed by atoms with Gasteiger partial charge in [-0.1, -0.05) is 23.4 Å². The number of aromatic nitrogens is 2. The van der Waals surface area contributed by atoms with Crippen LogP contribution in [0.3, 0.4) is 0 Å². The number of fused-ring (bicyclic) bond motifs is 1. The van der Waals surface area contributed by atoms with Crippen LogP contribution in [0.5, 0.6) is 28.7 Å². The lowest BCUT2D eigenvalue weighted by Crippen LogP contribution is -1.95. The number of thioether (sulfide) groups is 1. The predicted molar refractivity (Wildman–Crippen MR) is 107 cm³/mol. The highest BCUT2D eigenvalue weighted by Gasteiger charge is 2.20. The Morgan fingerprint density at radius 3 is 2.45 bits per heavy atom. The molecular weight excluding hydrogens is 420 g/mol. The first-order valence-corrected chi connectivity index (χ1v) is 9.84. The highest BCUT2D eigenvalue weighted by molar-refractivity contribution is 7.98. The maximum absolute atomic E-state index is 6.22. The minimum absolute atomic E-state index is 0.174. The van der Waals surface area contributed by atoms with Gasteiger partial charge in [0.15, 0.2) is 23.0 Å². The third-order valence-electron chi connectivity index (χ3n) is 4.17. The van der Waals surface area contributed by atoms with Gasteiger partial charge in [-0.05, 0) is 29.8 Å².